The van der Waals surface area contributed by atoms with Gasteiger partial charge in [-0.1, -0.05) is 12.1 Å². The number of hydrogen-bond acceptors (Lipinski definition) is 5. The Kier molecular flexibility index (Phi) is 8.87. The molecule has 0 radical (unpaired) electrons. The number of carbonyl (C=O) groups excluding carboxylic acids is 1. The summed E-state index contributed by atoms with van der Waals surface area (Å²) >= 11 is 0. The molecular weight excluding hydrogens is 415 g/mol. The number of hydrogen-bond donors (Lipinski definition) is 2. The number of nitrogens with zero attached hydrogens (tertiary/aromatic N) is 1. The van der Waals surface area contributed by atoms with E-state index in [1.54, 1.807) is 49.7 Å². The standard InChI is InChI=1S/C18H19F2N3O3.2ClH/c1-25-13-5-2-6-14(8-13)26-17-12(4-3-7-21-17)10-22-16(24)15-9-18(19,20)11-23-15;;/h2-8,15,23H,9-11H2,1H3,(H,22,24);2*1H. The lowest BCUT2D eigenvalue weighted by molar-refractivity contribution is -0.123. The molecule has 2 N–H and O–H groups in total. The Hall–Kier alpha value is -2.16. The molecule has 1 aliphatic heterocycles. The van der Waals surface area contributed by atoms with Crippen molar-refractivity contribution < 1.29 is 23.0 Å². The third-order valence-electron chi connectivity index (χ3n) is 3.99. The van der Waals surface area contributed by atoms with Crippen LogP contribution in [0.3, 0.4) is 0 Å². The Morgan fingerprint density at radius 3 is 2.71 bits per heavy atom. The molecule has 1 aromatic heterocycles. The van der Waals surface area contributed by atoms with Crippen molar-refractivity contribution in [1.82, 2.24) is 15.6 Å². The largest absolute Gasteiger partial charge is 0.497 e. The van der Waals surface area contributed by atoms with Crippen LogP contribution in [-0.2, 0) is 11.3 Å². The summed E-state index contributed by atoms with van der Waals surface area (Å²) in [6.07, 6.45) is 1.07. The second-order valence-electron chi connectivity index (χ2n) is 5.96. The lowest BCUT2D eigenvalue weighted by atomic mass is 10.2. The molecule has 1 fully saturated rings. The summed E-state index contributed by atoms with van der Waals surface area (Å²) in [7, 11) is 1.56. The Balaban J connectivity index is 0.00000196. The molecule has 1 saturated heterocycles. The molecule has 1 aromatic carbocycles. The summed E-state index contributed by atoms with van der Waals surface area (Å²) in [6, 6.07) is 9.60. The fourth-order valence-electron chi connectivity index (χ4n) is 2.63. The third-order valence-corrected chi connectivity index (χ3v) is 3.99. The molecule has 0 saturated carbocycles. The predicted molar refractivity (Wildman–Crippen MR) is 105 cm³/mol. The van der Waals surface area contributed by atoms with Gasteiger partial charge in [-0.15, -0.1) is 24.8 Å². The zero-order valence-corrected chi connectivity index (χ0v) is 16.6. The van der Waals surface area contributed by atoms with Crippen LogP contribution in [0.5, 0.6) is 17.4 Å². The van der Waals surface area contributed by atoms with E-state index in [-0.39, 0.29) is 31.4 Å². The zero-order chi connectivity index (χ0) is 18.6. The molecule has 2 aromatic rings. The van der Waals surface area contributed by atoms with Crippen molar-refractivity contribution in [3.63, 3.8) is 0 Å². The minimum Gasteiger partial charge on any atom is -0.497 e. The zero-order valence-electron chi connectivity index (χ0n) is 15.0. The normalized spacial score (nSPS) is 17.0. The maximum Gasteiger partial charge on any atom is 0.262 e. The number of halogens is 4. The van der Waals surface area contributed by atoms with Crippen molar-refractivity contribution in [2.45, 2.75) is 24.9 Å². The average molecular weight is 436 g/mol. The van der Waals surface area contributed by atoms with Gasteiger partial charge in [0, 0.05) is 30.8 Å². The highest BCUT2D eigenvalue weighted by atomic mass is 35.5. The smallest absolute Gasteiger partial charge is 0.262 e. The SMILES string of the molecule is COc1cccc(Oc2ncccc2CNC(=O)C2CC(F)(F)CN2)c1.Cl.Cl. The lowest BCUT2D eigenvalue weighted by Gasteiger charge is -2.13. The first kappa shape index (κ1) is 23.9. The first-order chi connectivity index (χ1) is 12.5. The fraction of sp³-hybridized carbons (Fsp3) is 0.333. The van der Waals surface area contributed by atoms with Crippen molar-refractivity contribution >= 4 is 30.7 Å². The first-order valence-corrected chi connectivity index (χ1v) is 8.11. The van der Waals surface area contributed by atoms with Crippen molar-refractivity contribution in [3.8, 4) is 17.4 Å². The summed E-state index contributed by atoms with van der Waals surface area (Å²) in [4.78, 5) is 16.3. The molecule has 3 rings (SSSR count). The van der Waals surface area contributed by atoms with Crippen LogP contribution in [0.15, 0.2) is 42.6 Å². The van der Waals surface area contributed by atoms with E-state index in [0.29, 0.717) is 22.9 Å². The number of nitrogens with one attached hydrogen (secondary N) is 2. The van der Waals surface area contributed by atoms with Crippen LogP contribution in [0.25, 0.3) is 0 Å². The average Bonchev–Trinajstić information content (AvgIpc) is 3.01. The molecule has 0 aliphatic carbocycles. The fourth-order valence-corrected chi connectivity index (χ4v) is 2.63. The summed E-state index contributed by atoms with van der Waals surface area (Å²) in [5.41, 5.74) is 0.633. The van der Waals surface area contributed by atoms with Crippen LogP contribution in [0.2, 0.25) is 0 Å². The van der Waals surface area contributed by atoms with E-state index >= 15 is 0 Å². The van der Waals surface area contributed by atoms with E-state index in [0.717, 1.165) is 0 Å². The molecule has 2 heterocycles. The van der Waals surface area contributed by atoms with Crippen molar-refractivity contribution in [2.75, 3.05) is 13.7 Å². The van der Waals surface area contributed by atoms with Gasteiger partial charge in [-0.25, -0.2) is 13.8 Å². The number of aromatic nitrogens is 1. The van der Waals surface area contributed by atoms with Gasteiger partial charge >= 0.3 is 0 Å². The lowest BCUT2D eigenvalue weighted by Crippen LogP contribution is -2.40. The van der Waals surface area contributed by atoms with Gasteiger partial charge in [0.15, 0.2) is 0 Å². The first-order valence-electron chi connectivity index (χ1n) is 8.11. The van der Waals surface area contributed by atoms with E-state index < -0.39 is 30.8 Å². The van der Waals surface area contributed by atoms with Crippen molar-refractivity contribution in [2.24, 2.45) is 0 Å². The topological polar surface area (TPSA) is 72.5 Å². The number of carbonyl (C=O) groups is 1. The van der Waals surface area contributed by atoms with Gasteiger partial charge in [0.05, 0.1) is 19.7 Å². The minimum atomic E-state index is -2.85. The summed E-state index contributed by atoms with van der Waals surface area (Å²) < 4.78 is 37.3. The highest BCUT2D eigenvalue weighted by Crippen LogP contribution is 2.27. The number of alkyl halides is 2. The molecule has 1 unspecified atom stereocenters. The minimum absolute atomic E-state index is 0. The van der Waals surface area contributed by atoms with E-state index in [2.05, 4.69) is 15.6 Å². The van der Waals surface area contributed by atoms with E-state index in [9.17, 15) is 13.6 Å². The predicted octanol–water partition coefficient (Wildman–Crippen LogP) is 3.34. The van der Waals surface area contributed by atoms with Gasteiger partial charge in [0.25, 0.3) is 5.92 Å². The molecular formula is C18H21Cl2F2N3O3. The summed E-state index contributed by atoms with van der Waals surface area (Å²) in [5, 5.41) is 5.18. The number of methoxy groups -OCH3 is 1. The van der Waals surface area contributed by atoms with Crippen LogP contribution >= 0.6 is 24.8 Å². The molecule has 154 valence electrons. The van der Waals surface area contributed by atoms with Crippen molar-refractivity contribution in [3.05, 3.63) is 48.2 Å². The molecule has 6 nitrogen and oxygen atoms in total. The number of amides is 1. The van der Waals surface area contributed by atoms with Crippen LogP contribution in [-0.4, -0.2) is 36.5 Å². The van der Waals surface area contributed by atoms with Gasteiger partial charge < -0.3 is 14.8 Å². The molecule has 10 heteroatoms. The number of ether oxygens (including phenoxy) is 2. The highest BCUT2D eigenvalue weighted by molar-refractivity contribution is 5.85. The van der Waals surface area contributed by atoms with Gasteiger partial charge in [-0.2, -0.15) is 0 Å². The molecule has 1 amide bonds. The van der Waals surface area contributed by atoms with Crippen LogP contribution in [0, 0.1) is 0 Å². The number of pyridine rings is 1. The van der Waals surface area contributed by atoms with E-state index in [1.807, 2.05) is 0 Å². The van der Waals surface area contributed by atoms with E-state index in [4.69, 9.17) is 9.47 Å². The molecule has 0 bridgehead atoms. The summed E-state index contributed by atoms with van der Waals surface area (Å²) in [6.45, 7) is -0.363. The highest BCUT2D eigenvalue weighted by Gasteiger charge is 2.42. The van der Waals surface area contributed by atoms with Gasteiger partial charge in [-0.05, 0) is 18.2 Å². The molecule has 1 aliphatic rings. The quantitative estimate of drug-likeness (QED) is 0.727. The number of rotatable bonds is 6. The van der Waals surface area contributed by atoms with Gasteiger partial charge in [-0.3, -0.25) is 10.1 Å². The Labute approximate surface area is 173 Å². The third kappa shape index (κ3) is 6.19. The van der Waals surface area contributed by atoms with Crippen LogP contribution in [0.4, 0.5) is 8.78 Å². The monoisotopic (exact) mass is 435 g/mol. The Bertz CT molecular complexity index is 796. The van der Waals surface area contributed by atoms with Gasteiger partial charge in [0.1, 0.15) is 11.5 Å². The maximum atomic E-state index is 13.2. The Morgan fingerprint density at radius 1 is 1.29 bits per heavy atom. The maximum absolute atomic E-state index is 13.2. The molecule has 1 atom stereocenters. The second kappa shape index (κ2) is 10.4. The Morgan fingerprint density at radius 2 is 2.04 bits per heavy atom. The summed E-state index contributed by atoms with van der Waals surface area (Å²) in [5.74, 6) is -1.82. The van der Waals surface area contributed by atoms with Crippen LogP contribution in [0.1, 0.15) is 12.0 Å². The molecule has 28 heavy (non-hydrogen) atoms. The van der Waals surface area contributed by atoms with Crippen molar-refractivity contribution in [1.29, 1.82) is 0 Å². The molecule has 0 spiro atoms. The van der Waals surface area contributed by atoms with Gasteiger partial charge in [0.2, 0.25) is 11.8 Å². The second-order valence-corrected chi connectivity index (χ2v) is 5.96. The van der Waals surface area contributed by atoms with E-state index in [1.165, 1.54) is 0 Å². The van der Waals surface area contributed by atoms with Crippen LogP contribution < -0.4 is 20.1 Å². The number of benzene rings is 1.